The van der Waals surface area contributed by atoms with Gasteiger partial charge in [-0.25, -0.2) is 0 Å². The molecule has 1 aromatic heterocycles. The zero-order valence-electron chi connectivity index (χ0n) is 10.5. The highest BCUT2D eigenvalue weighted by Crippen LogP contribution is 2.26. The van der Waals surface area contributed by atoms with Gasteiger partial charge in [0.15, 0.2) is 0 Å². The number of ether oxygens (including phenoxy) is 1. The monoisotopic (exact) mass is 243 g/mol. The molecule has 3 rings (SSSR count). The fourth-order valence-corrected chi connectivity index (χ4v) is 2.29. The van der Waals surface area contributed by atoms with Crippen molar-refractivity contribution in [3.8, 4) is 5.75 Å². The molecule has 0 atom stereocenters. The number of nitrogens with zero attached hydrogens (tertiary/aromatic N) is 2. The number of hydrogen-bond donors (Lipinski definition) is 1. The van der Waals surface area contributed by atoms with Crippen LogP contribution in [0.3, 0.4) is 0 Å². The molecule has 0 fully saturated rings. The molecule has 0 saturated heterocycles. The van der Waals surface area contributed by atoms with Crippen molar-refractivity contribution in [1.29, 1.82) is 0 Å². The van der Waals surface area contributed by atoms with Crippen molar-refractivity contribution in [2.45, 2.75) is 26.3 Å². The maximum absolute atomic E-state index is 5.73. The molecule has 4 heteroatoms. The molecule has 1 aliphatic rings. The molecule has 4 nitrogen and oxygen atoms in total. The van der Waals surface area contributed by atoms with Crippen molar-refractivity contribution in [3.63, 3.8) is 0 Å². The third-order valence-corrected chi connectivity index (χ3v) is 3.37. The molecule has 0 bridgehead atoms. The maximum Gasteiger partial charge on any atom is 0.148 e. The Bertz CT molecular complexity index is 555. The number of anilines is 1. The van der Waals surface area contributed by atoms with Crippen LogP contribution < -0.4 is 10.5 Å². The van der Waals surface area contributed by atoms with E-state index >= 15 is 0 Å². The maximum atomic E-state index is 5.73. The van der Waals surface area contributed by atoms with E-state index in [-0.39, 0.29) is 0 Å². The quantitative estimate of drug-likeness (QED) is 0.896. The second-order valence-electron chi connectivity index (χ2n) is 4.75. The Kier molecular flexibility index (Phi) is 2.70. The summed E-state index contributed by atoms with van der Waals surface area (Å²) >= 11 is 0. The summed E-state index contributed by atoms with van der Waals surface area (Å²) in [5.41, 5.74) is 9.42. The lowest BCUT2D eigenvalue weighted by Crippen LogP contribution is -2.02. The van der Waals surface area contributed by atoms with Crippen LogP contribution in [0.5, 0.6) is 5.75 Å². The van der Waals surface area contributed by atoms with Crippen LogP contribution in [0.4, 0.5) is 5.82 Å². The number of nitrogen functional groups attached to an aromatic ring is 1. The number of hydrogen-bond acceptors (Lipinski definition) is 3. The molecule has 0 amide bonds. The van der Waals surface area contributed by atoms with E-state index in [4.69, 9.17) is 10.5 Å². The predicted octanol–water partition coefficient (Wildman–Crippen LogP) is 1.95. The summed E-state index contributed by atoms with van der Waals surface area (Å²) in [6.45, 7) is 3.65. The second-order valence-corrected chi connectivity index (χ2v) is 4.75. The molecule has 0 saturated carbocycles. The van der Waals surface area contributed by atoms with Gasteiger partial charge in [-0.2, -0.15) is 5.10 Å². The Hall–Kier alpha value is -1.97. The number of rotatable bonds is 3. The molecule has 0 radical (unpaired) electrons. The Morgan fingerprint density at radius 1 is 1.44 bits per heavy atom. The lowest BCUT2D eigenvalue weighted by molar-refractivity contribution is 0.357. The van der Waals surface area contributed by atoms with Crippen LogP contribution in [0.1, 0.15) is 16.7 Å². The first-order valence-electron chi connectivity index (χ1n) is 6.26. The van der Waals surface area contributed by atoms with Crippen LogP contribution >= 0.6 is 0 Å². The molecule has 0 unspecified atom stereocenters. The first kappa shape index (κ1) is 11.1. The van der Waals surface area contributed by atoms with Gasteiger partial charge in [0.05, 0.1) is 6.61 Å². The number of aromatic nitrogens is 2. The van der Waals surface area contributed by atoms with Crippen molar-refractivity contribution in [2.75, 3.05) is 12.3 Å². The minimum absolute atomic E-state index is 0.623. The number of benzene rings is 1. The molecule has 18 heavy (non-hydrogen) atoms. The summed E-state index contributed by atoms with van der Waals surface area (Å²) in [7, 11) is 0. The fourth-order valence-electron chi connectivity index (χ4n) is 2.29. The van der Waals surface area contributed by atoms with Crippen molar-refractivity contribution in [2.24, 2.45) is 0 Å². The molecule has 0 spiro atoms. The van der Waals surface area contributed by atoms with Crippen LogP contribution in [0.2, 0.25) is 0 Å². The second kappa shape index (κ2) is 4.37. The van der Waals surface area contributed by atoms with Gasteiger partial charge in [0.1, 0.15) is 11.6 Å². The van der Waals surface area contributed by atoms with E-state index < -0.39 is 0 Å². The van der Waals surface area contributed by atoms with E-state index in [0.29, 0.717) is 5.82 Å². The van der Waals surface area contributed by atoms with E-state index in [2.05, 4.69) is 23.3 Å². The van der Waals surface area contributed by atoms with Gasteiger partial charge < -0.3 is 10.5 Å². The SMILES string of the molecule is Cc1cn(CCc2ccc3c(c2)CCO3)nc1N. The Balaban J connectivity index is 1.70. The van der Waals surface area contributed by atoms with Gasteiger partial charge in [0.2, 0.25) is 0 Å². The summed E-state index contributed by atoms with van der Waals surface area (Å²) in [6.07, 6.45) is 3.98. The minimum atomic E-state index is 0.623. The molecule has 2 N–H and O–H groups in total. The molecule has 2 heterocycles. The third kappa shape index (κ3) is 2.06. The highest BCUT2D eigenvalue weighted by molar-refractivity contribution is 5.40. The molecular weight excluding hydrogens is 226 g/mol. The molecular formula is C14H17N3O. The average Bonchev–Trinajstić information content (AvgIpc) is 2.94. The zero-order valence-corrected chi connectivity index (χ0v) is 10.5. The zero-order chi connectivity index (χ0) is 12.5. The van der Waals surface area contributed by atoms with E-state index in [1.165, 1.54) is 11.1 Å². The smallest absolute Gasteiger partial charge is 0.148 e. The van der Waals surface area contributed by atoms with Gasteiger partial charge in [-0.3, -0.25) is 4.68 Å². The molecule has 1 aromatic carbocycles. The Labute approximate surface area is 106 Å². The highest BCUT2D eigenvalue weighted by atomic mass is 16.5. The number of fused-ring (bicyclic) bond motifs is 1. The number of nitrogens with two attached hydrogens (primary N) is 1. The van der Waals surface area contributed by atoms with Gasteiger partial charge >= 0.3 is 0 Å². The van der Waals surface area contributed by atoms with Gasteiger partial charge in [0.25, 0.3) is 0 Å². The predicted molar refractivity (Wildman–Crippen MR) is 70.7 cm³/mol. The summed E-state index contributed by atoms with van der Waals surface area (Å²) in [5, 5.41) is 4.27. The Morgan fingerprint density at radius 2 is 2.33 bits per heavy atom. The van der Waals surface area contributed by atoms with Crippen LogP contribution in [0.15, 0.2) is 24.4 Å². The molecule has 94 valence electrons. The van der Waals surface area contributed by atoms with Crippen LogP contribution in [-0.4, -0.2) is 16.4 Å². The lowest BCUT2D eigenvalue weighted by Gasteiger charge is -2.04. The van der Waals surface area contributed by atoms with Gasteiger partial charge in [-0.15, -0.1) is 0 Å². The van der Waals surface area contributed by atoms with Crippen LogP contribution in [0.25, 0.3) is 0 Å². The van der Waals surface area contributed by atoms with E-state index in [9.17, 15) is 0 Å². The van der Waals surface area contributed by atoms with Gasteiger partial charge in [0, 0.05) is 24.7 Å². The van der Waals surface area contributed by atoms with Crippen molar-refractivity contribution >= 4 is 5.82 Å². The summed E-state index contributed by atoms with van der Waals surface area (Å²) in [5.74, 6) is 1.66. The van der Waals surface area contributed by atoms with Crippen LogP contribution in [-0.2, 0) is 19.4 Å². The third-order valence-electron chi connectivity index (χ3n) is 3.37. The molecule has 0 aliphatic carbocycles. The fraction of sp³-hybridized carbons (Fsp3) is 0.357. The summed E-state index contributed by atoms with van der Waals surface area (Å²) in [6, 6.07) is 6.44. The first-order chi connectivity index (χ1) is 8.72. The number of aryl methyl sites for hydroxylation is 3. The van der Waals surface area contributed by atoms with Crippen molar-refractivity contribution in [1.82, 2.24) is 9.78 Å². The summed E-state index contributed by atoms with van der Waals surface area (Å²) in [4.78, 5) is 0. The van der Waals surface area contributed by atoms with E-state index in [0.717, 1.165) is 37.3 Å². The standard InChI is InChI=1S/C14H17N3O/c1-10-9-17(16-14(10)15)6-4-11-2-3-13-12(8-11)5-7-18-13/h2-3,8-9H,4-7H2,1H3,(H2,15,16). The average molecular weight is 243 g/mol. The minimum Gasteiger partial charge on any atom is -0.493 e. The van der Waals surface area contributed by atoms with Gasteiger partial charge in [-0.1, -0.05) is 12.1 Å². The first-order valence-corrected chi connectivity index (χ1v) is 6.26. The topological polar surface area (TPSA) is 53.1 Å². The van der Waals surface area contributed by atoms with Crippen molar-refractivity contribution < 1.29 is 4.74 Å². The lowest BCUT2D eigenvalue weighted by atomic mass is 10.1. The summed E-state index contributed by atoms with van der Waals surface area (Å²) < 4.78 is 7.41. The molecule has 2 aromatic rings. The normalized spacial score (nSPS) is 13.4. The van der Waals surface area contributed by atoms with E-state index in [1.807, 2.05) is 17.8 Å². The highest BCUT2D eigenvalue weighted by Gasteiger charge is 2.11. The largest absolute Gasteiger partial charge is 0.493 e. The van der Waals surface area contributed by atoms with Crippen LogP contribution in [0, 0.1) is 6.92 Å². The van der Waals surface area contributed by atoms with Gasteiger partial charge in [-0.05, 0) is 30.5 Å². The van der Waals surface area contributed by atoms with Crippen molar-refractivity contribution in [3.05, 3.63) is 41.1 Å². The Morgan fingerprint density at radius 3 is 3.11 bits per heavy atom. The van der Waals surface area contributed by atoms with E-state index in [1.54, 1.807) is 0 Å². The molecule has 1 aliphatic heterocycles.